The molecule has 6 heteroatoms. The highest BCUT2D eigenvalue weighted by molar-refractivity contribution is 7.98. The van der Waals surface area contributed by atoms with Crippen molar-refractivity contribution in [3.8, 4) is 16.9 Å². The second kappa shape index (κ2) is 9.87. The minimum atomic E-state index is -1.03. The van der Waals surface area contributed by atoms with Crippen molar-refractivity contribution in [1.29, 1.82) is 0 Å². The SMILES string of the molecule is CSCC[C@@H](NC(=O)COc1ccc(-c2ccc(C)cc2)cc1)C(=O)O. The lowest BCUT2D eigenvalue weighted by Crippen LogP contribution is -2.43. The maximum atomic E-state index is 11.9. The van der Waals surface area contributed by atoms with Gasteiger partial charge in [0.15, 0.2) is 6.61 Å². The summed E-state index contributed by atoms with van der Waals surface area (Å²) in [5.74, 6) is -0.249. The lowest BCUT2D eigenvalue weighted by atomic mass is 10.0. The summed E-state index contributed by atoms with van der Waals surface area (Å²) >= 11 is 1.54. The number of amides is 1. The molecule has 1 atom stereocenters. The number of thioether (sulfide) groups is 1. The standard InChI is InChI=1S/C20H23NO4S/c1-14-3-5-15(6-4-14)16-7-9-17(10-8-16)25-13-19(22)21-18(20(23)24)11-12-26-2/h3-10,18H,11-13H2,1-2H3,(H,21,22)(H,23,24)/t18-/m1/s1. The number of ether oxygens (including phenoxy) is 1. The van der Waals surface area contributed by atoms with Crippen LogP contribution in [0.1, 0.15) is 12.0 Å². The lowest BCUT2D eigenvalue weighted by molar-refractivity contribution is -0.142. The van der Waals surface area contributed by atoms with E-state index in [2.05, 4.69) is 29.6 Å². The Morgan fingerprint density at radius 3 is 2.19 bits per heavy atom. The molecule has 0 aliphatic rings. The van der Waals surface area contributed by atoms with E-state index in [1.54, 1.807) is 12.1 Å². The molecule has 0 fully saturated rings. The number of carbonyl (C=O) groups excluding carboxylic acids is 1. The highest BCUT2D eigenvalue weighted by Gasteiger charge is 2.19. The predicted molar refractivity (Wildman–Crippen MR) is 105 cm³/mol. The molecule has 0 aromatic heterocycles. The van der Waals surface area contributed by atoms with Gasteiger partial charge in [-0.1, -0.05) is 42.0 Å². The zero-order valence-electron chi connectivity index (χ0n) is 14.9. The minimum Gasteiger partial charge on any atom is -0.484 e. The van der Waals surface area contributed by atoms with Crippen LogP contribution >= 0.6 is 11.8 Å². The largest absolute Gasteiger partial charge is 0.484 e. The zero-order valence-corrected chi connectivity index (χ0v) is 15.7. The number of hydrogen-bond donors (Lipinski definition) is 2. The van der Waals surface area contributed by atoms with Crippen molar-refractivity contribution in [3.63, 3.8) is 0 Å². The molecular weight excluding hydrogens is 350 g/mol. The maximum absolute atomic E-state index is 11.9. The van der Waals surface area contributed by atoms with Crippen LogP contribution in [-0.2, 0) is 9.59 Å². The average molecular weight is 373 g/mol. The van der Waals surface area contributed by atoms with Crippen LogP contribution in [-0.4, -0.2) is 41.6 Å². The number of carboxylic acid groups (broad SMARTS) is 1. The Morgan fingerprint density at radius 2 is 1.65 bits per heavy atom. The summed E-state index contributed by atoms with van der Waals surface area (Å²) in [7, 11) is 0. The molecular formula is C20H23NO4S. The first-order valence-corrected chi connectivity index (χ1v) is 9.70. The van der Waals surface area contributed by atoms with Crippen LogP contribution < -0.4 is 10.1 Å². The van der Waals surface area contributed by atoms with Gasteiger partial charge in [-0.05, 0) is 48.6 Å². The quantitative estimate of drug-likeness (QED) is 0.705. The first-order valence-electron chi connectivity index (χ1n) is 8.30. The predicted octanol–water partition coefficient (Wildman–Crippen LogP) is 3.36. The van der Waals surface area contributed by atoms with Crippen LogP contribution in [0.5, 0.6) is 5.75 Å². The molecule has 0 unspecified atom stereocenters. The Labute approximate surface area is 157 Å². The minimum absolute atomic E-state index is 0.215. The Morgan fingerprint density at radius 1 is 1.08 bits per heavy atom. The molecule has 0 aliphatic heterocycles. The van der Waals surface area contributed by atoms with Crippen LogP contribution in [0.25, 0.3) is 11.1 Å². The monoisotopic (exact) mass is 373 g/mol. The van der Waals surface area contributed by atoms with E-state index in [9.17, 15) is 9.59 Å². The number of carboxylic acids is 1. The summed E-state index contributed by atoms with van der Waals surface area (Å²) in [4.78, 5) is 23.1. The zero-order chi connectivity index (χ0) is 18.9. The maximum Gasteiger partial charge on any atom is 0.326 e. The molecule has 2 N–H and O–H groups in total. The van der Waals surface area contributed by atoms with E-state index in [4.69, 9.17) is 9.84 Å². The fraction of sp³-hybridized carbons (Fsp3) is 0.300. The molecule has 0 saturated heterocycles. The van der Waals surface area contributed by atoms with Crippen molar-refractivity contribution in [2.75, 3.05) is 18.6 Å². The molecule has 0 radical (unpaired) electrons. The normalized spacial score (nSPS) is 11.6. The van der Waals surface area contributed by atoms with Crippen molar-refractivity contribution in [3.05, 3.63) is 54.1 Å². The second-order valence-electron chi connectivity index (χ2n) is 5.92. The van der Waals surface area contributed by atoms with E-state index in [1.165, 1.54) is 17.3 Å². The second-order valence-corrected chi connectivity index (χ2v) is 6.90. The first-order chi connectivity index (χ1) is 12.5. The highest BCUT2D eigenvalue weighted by Crippen LogP contribution is 2.22. The number of aryl methyl sites for hydroxylation is 1. The van der Waals surface area contributed by atoms with E-state index in [-0.39, 0.29) is 6.61 Å². The van der Waals surface area contributed by atoms with E-state index >= 15 is 0 Å². The van der Waals surface area contributed by atoms with Crippen LogP contribution in [0.15, 0.2) is 48.5 Å². The number of hydrogen-bond acceptors (Lipinski definition) is 4. The third-order valence-corrected chi connectivity index (χ3v) is 4.50. The van der Waals surface area contributed by atoms with Gasteiger partial charge < -0.3 is 15.2 Å². The molecule has 26 heavy (non-hydrogen) atoms. The fourth-order valence-electron chi connectivity index (χ4n) is 2.37. The van der Waals surface area contributed by atoms with Crippen molar-refractivity contribution >= 4 is 23.6 Å². The van der Waals surface area contributed by atoms with Crippen molar-refractivity contribution in [2.45, 2.75) is 19.4 Å². The Balaban J connectivity index is 1.87. The summed E-state index contributed by atoms with van der Waals surface area (Å²) < 4.78 is 5.45. The molecule has 0 saturated carbocycles. The van der Waals surface area contributed by atoms with Crippen LogP contribution in [0.3, 0.4) is 0 Å². The molecule has 0 spiro atoms. The van der Waals surface area contributed by atoms with Gasteiger partial charge in [-0.15, -0.1) is 0 Å². The van der Waals surface area contributed by atoms with Crippen LogP contribution in [0.2, 0.25) is 0 Å². The van der Waals surface area contributed by atoms with Gasteiger partial charge in [0.1, 0.15) is 11.8 Å². The van der Waals surface area contributed by atoms with Crippen molar-refractivity contribution < 1.29 is 19.4 Å². The van der Waals surface area contributed by atoms with Gasteiger partial charge in [0.05, 0.1) is 0 Å². The van der Waals surface area contributed by atoms with E-state index < -0.39 is 17.9 Å². The van der Waals surface area contributed by atoms with Gasteiger partial charge >= 0.3 is 5.97 Å². The van der Waals surface area contributed by atoms with E-state index in [0.717, 1.165) is 11.1 Å². The van der Waals surface area contributed by atoms with Crippen molar-refractivity contribution in [2.24, 2.45) is 0 Å². The molecule has 0 aliphatic carbocycles. The number of nitrogens with one attached hydrogen (secondary N) is 1. The number of carbonyl (C=O) groups is 2. The number of aliphatic carboxylic acids is 1. The molecule has 2 rings (SSSR count). The lowest BCUT2D eigenvalue weighted by Gasteiger charge is -2.14. The van der Waals surface area contributed by atoms with Gasteiger partial charge in [-0.25, -0.2) is 4.79 Å². The third-order valence-electron chi connectivity index (χ3n) is 3.85. The molecule has 2 aromatic rings. The summed E-state index contributed by atoms with van der Waals surface area (Å²) in [6, 6.07) is 14.8. The smallest absolute Gasteiger partial charge is 0.326 e. The molecule has 0 bridgehead atoms. The van der Waals surface area contributed by atoms with Gasteiger partial charge in [0.25, 0.3) is 5.91 Å². The summed E-state index contributed by atoms with van der Waals surface area (Å²) in [6.07, 6.45) is 2.28. The Bertz CT molecular complexity index is 728. The summed E-state index contributed by atoms with van der Waals surface area (Å²) in [6.45, 7) is 1.83. The fourth-order valence-corrected chi connectivity index (χ4v) is 2.84. The molecule has 1 amide bonds. The van der Waals surface area contributed by atoms with Crippen molar-refractivity contribution in [1.82, 2.24) is 5.32 Å². The van der Waals surface area contributed by atoms with E-state index in [1.807, 2.05) is 25.3 Å². The van der Waals surface area contributed by atoms with Gasteiger partial charge in [-0.3, -0.25) is 4.79 Å². The van der Waals surface area contributed by atoms with E-state index in [0.29, 0.717) is 17.9 Å². The summed E-state index contributed by atoms with van der Waals surface area (Å²) in [5, 5.41) is 11.6. The highest BCUT2D eigenvalue weighted by atomic mass is 32.2. The Hall–Kier alpha value is -2.47. The number of benzene rings is 2. The molecule has 0 heterocycles. The molecule has 2 aromatic carbocycles. The topological polar surface area (TPSA) is 75.6 Å². The van der Waals surface area contributed by atoms with Crippen LogP contribution in [0, 0.1) is 6.92 Å². The van der Waals surface area contributed by atoms with Gasteiger partial charge in [-0.2, -0.15) is 11.8 Å². The van der Waals surface area contributed by atoms with Crippen LogP contribution in [0.4, 0.5) is 0 Å². The Kier molecular flexibility index (Phi) is 7.53. The third kappa shape index (κ3) is 6.11. The van der Waals surface area contributed by atoms with Gasteiger partial charge in [0.2, 0.25) is 0 Å². The molecule has 138 valence electrons. The summed E-state index contributed by atoms with van der Waals surface area (Å²) in [5.41, 5.74) is 3.37. The average Bonchev–Trinajstić information content (AvgIpc) is 2.64. The number of rotatable bonds is 9. The molecule has 5 nitrogen and oxygen atoms in total. The first kappa shape index (κ1) is 19.8. The van der Waals surface area contributed by atoms with Gasteiger partial charge in [0, 0.05) is 0 Å².